The summed E-state index contributed by atoms with van der Waals surface area (Å²) >= 11 is 3.11. The van der Waals surface area contributed by atoms with Gasteiger partial charge in [0.1, 0.15) is 4.83 Å². The molecule has 0 aliphatic heterocycles. The second kappa shape index (κ2) is 7.09. The molecule has 0 bridgehead atoms. The first-order valence-corrected chi connectivity index (χ1v) is 10.9. The lowest BCUT2D eigenvalue weighted by molar-refractivity contribution is 0.103. The Kier molecular flexibility index (Phi) is 4.41. The van der Waals surface area contributed by atoms with Crippen LogP contribution in [0.1, 0.15) is 25.9 Å². The molecule has 5 nitrogen and oxygen atoms in total. The number of aryl methyl sites for hydroxylation is 2. The van der Waals surface area contributed by atoms with Crippen LogP contribution in [0.2, 0.25) is 0 Å². The van der Waals surface area contributed by atoms with Gasteiger partial charge in [0.2, 0.25) is 0 Å². The molecule has 5 aromatic rings. The third-order valence-corrected chi connectivity index (χ3v) is 6.84. The summed E-state index contributed by atoms with van der Waals surface area (Å²) in [4.78, 5) is 19.0. The van der Waals surface area contributed by atoms with E-state index in [0.717, 1.165) is 36.8 Å². The first kappa shape index (κ1) is 18.0. The second-order valence-electron chi connectivity index (χ2n) is 6.93. The number of anilines is 1. The van der Waals surface area contributed by atoms with Crippen molar-refractivity contribution in [2.75, 3.05) is 5.32 Å². The molecule has 1 N–H and O–H groups in total. The van der Waals surface area contributed by atoms with Crippen LogP contribution in [0.4, 0.5) is 5.69 Å². The minimum atomic E-state index is -0.0996. The van der Waals surface area contributed by atoms with Crippen LogP contribution in [0.15, 0.2) is 54.6 Å². The minimum Gasteiger partial charge on any atom is -0.321 e. The fourth-order valence-electron chi connectivity index (χ4n) is 3.40. The van der Waals surface area contributed by atoms with Gasteiger partial charge in [-0.2, -0.15) is 5.10 Å². The topological polar surface area (TPSA) is 59.8 Å². The molecule has 1 amide bonds. The lowest BCUT2D eigenvalue weighted by Crippen LogP contribution is -2.10. The van der Waals surface area contributed by atoms with E-state index in [0.29, 0.717) is 11.4 Å². The predicted octanol–water partition coefficient (Wildman–Crippen LogP) is 5.62. The van der Waals surface area contributed by atoms with E-state index in [-0.39, 0.29) is 5.91 Å². The van der Waals surface area contributed by atoms with Gasteiger partial charge in [-0.1, -0.05) is 30.3 Å². The van der Waals surface area contributed by atoms with Gasteiger partial charge in [0.05, 0.1) is 32.3 Å². The number of fused-ring (bicyclic) bond motifs is 2. The van der Waals surface area contributed by atoms with Gasteiger partial charge in [0.15, 0.2) is 0 Å². The maximum Gasteiger partial charge on any atom is 0.265 e. The Bertz CT molecular complexity index is 1350. The highest BCUT2D eigenvalue weighted by Gasteiger charge is 2.17. The summed E-state index contributed by atoms with van der Waals surface area (Å²) in [6, 6.07) is 18.0. The molecule has 3 heterocycles. The number of amides is 1. The zero-order chi connectivity index (χ0) is 20.0. The van der Waals surface area contributed by atoms with Crippen LogP contribution < -0.4 is 5.32 Å². The summed E-state index contributed by atoms with van der Waals surface area (Å²) in [5, 5.41) is 9.73. The number of benzene rings is 2. The molecule has 5 rings (SSSR count). The molecule has 0 saturated carbocycles. The number of hydrogen-bond acceptors (Lipinski definition) is 5. The fraction of sp³-hybridized carbons (Fsp3) is 0.136. The van der Waals surface area contributed by atoms with Gasteiger partial charge in [0, 0.05) is 11.1 Å². The van der Waals surface area contributed by atoms with E-state index in [1.165, 1.54) is 16.9 Å². The van der Waals surface area contributed by atoms with E-state index in [1.807, 2.05) is 61.0 Å². The van der Waals surface area contributed by atoms with Crippen molar-refractivity contribution in [3.05, 3.63) is 75.7 Å². The number of hydrogen-bond donors (Lipinski definition) is 1. The van der Waals surface area contributed by atoms with Crippen molar-refractivity contribution in [2.45, 2.75) is 20.4 Å². The molecule has 7 heteroatoms. The molecule has 0 unspecified atom stereocenters. The first-order chi connectivity index (χ1) is 14.1. The second-order valence-corrected chi connectivity index (χ2v) is 9.19. The van der Waals surface area contributed by atoms with Gasteiger partial charge in [-0.3, -0.25) is 9.48 Å². The third kappa shape index (κ3) is 3.43. The van der Waals surface area contributed by atoms with Gasteiger partial charge < -0.3 is 5.32 Å². The summed E-state index contributed by atoms with van der Waals surface area (Å²) in [5.74, 6) is -0.0996. The quantitative estimate of drug-likeness (QED) is 0.412. The van der Waals surface area contributed by atoms with Crippen LogP contribution in [-0.4, -0.2) is 20.7 Å². The summed E-state index contributed by atoms with van der Waals surface area (Å²) in [7, 11) is 0. The molecule has 2 aromatic carbocycles. The maximum atomic E-state index is 12.9. The highest BCUT2D eigenvalue weighted by atomic mass is 32.1. The lowest BCUT2D eigenvalue weighted by atomic mass is 10.2. The normalized spacial score (nSPS) is 11.4. The van der Waals surface area contributed by atoms with Crippen LogP contribution in [0.25, 0.3) is 20.4 Å². The number of thiazole rings is 1. The largest absolute Gasteiger partial charge is 0.321 e. The van der Waals surface area contributed by atoms with Crippen LogP contribution in [-0.2, 0) is 6.54 Å². The Morgan fingerprint density at radius 1 is 1.07 bits per heavy atom. The summed E-state index contributed by atoms with van der Waals surface area (Å²) in [6.45, 7) is 4.66. The minimum absolute atomic E-state index is 0.0996. The summed E-state index contributed by atoms with van der Waals surface area (Å²) < 4.78 is 3.05. The highest BCUT2D eigenvalue weighted by molar-refractivity contribution is 7.20. The van der Waals surface area contributed by atoms with Crippen LogP contribution in [0, 0.1) is 13.8 Å². The van der Waals surface area contributed by atoms with E-state index in [1.54, 1.807) is 11.3 Å². The van der Waals surface area contributed by atoms with Gasteiger partial charge in [-0.25, -0.2) is 4.98 Å². The van der Waals surface area contributed by atoms with Crippen molar-refractivity contribution < 1.29 is 4.79 Å². The van der Waals surface area contributed by atoms with Gasteiger partial charge in [-0.05, 0) is 43.7 Å². The van der Waals surface area contributed by atoms with E-state index in [4.69, 9.17) is 0 Å². The van der Waals surface area contributed by atoms with Crippen LogP contribution in [0.5, 0.6) is 0 Å². The molecule has 0 fully saturated rings. The number of carbonyl (C=O) groups is 1. The average molecular weight is 419 g/mol. The number of carbonyl (C=O) groups excluding carboxylic acids is 1. The SMILES string of the molecule is Cc1nc2ccc(NC(=O)c3cc4c(C)nn(Cc5ccccc5)c4s3)cc2s1. The number of rotatable bonds is 4. The fourth-order valence-corrected chi connectivity index (χ4v) is 5.32. The monoisotopic (exact) mass is 418 g/mol. The molecule has 0 saturated heterocycles. The molecule has 29 heavy (non-hydrogen) atoms. The molecular weight excluding hydrogens is 400 g/mol. The number of thiophene rings is 1. The van der Waals surface area contributed by atoms with E-state index < -0.39 is 0 Å². The van der Waals surface area contributed by atoms with Crippen molar-refractivity contribution in [1.29, 1.82) is 0 Å². The molecule has 0 aliphatic rings. The van der Waals surface area contributed by atoms with Crippen molar-refractivity contribution >= 4 is 54.7 Å². The lowest BCUT2D eigenvalue weighted by Gasteiger charge is -2.04. The van der Waals surface area contributed by atoms with Gasteiger partial charge in [-0.15, -0.1) is 22.7 Å². The predicted molar refractivity (Wildman–Crippen MR) is 120 cm³/mol. The Balaban J connectivity index is 1.43. The van der Waals surface area contributed by atoms with Crippen LogP contribution in [0.3, 0.4) is 0 Å². The molecular formula is C22H18N4OS2. The Morgan fingerprint density at radius 2 is 1.90 bits per heavy atom. The molecule has 144 valence electrons. The number of nitrogens with zero attached hydrogens (tertiary/aromatic N) is 3. The maximum absolute atomic E-state index is 12.9. The highest BCUT2D eigenvalue weighted by Crippen LogP contribution is 2.30. The van der Waals surface area contributed by atoms with Crippen LogP contribution >= 0.6 is 22.7 Å². The third-order valence-electron chi connectivity index (χ3n) is 4.76. The van der Waals surface area contributed by atoms with Crippen molar-refractivity contribution in [3.63, 3.8) is 0 Å². The van der Waals surface area contributed by atoms with E-state index >= 15 is 0 Å². The Hall–Kier alpha value is -3.03. The van der Waals surface area contributed by atoms with Gasteiger partial charge in [0.25, 0.3) is 5.91 Å². The van der Waals surface area contributed by atoms with Crippen molar-refractivity contribution in [1.82, 2.24) is 14.8 Å². The van der Waals surface area contributed by atoms with E-state index in [2.05, 4.69) is 27.5 Å². The molecule has 0 aliphatic carbocycles. The van der Waals surface area contributed by atoms with Gasteiger partial charge >= 0.3 is 0 Å². The molecule has 0 atom stereocenters. The standard InChI is InChI=1S/C22H18N4OS2/c1-13-17-11-20(29-22(17)26(25-13)12-15-6-4-3-5-7-15)21(27)24-16-8-9-18-19(10-16)28-14(2)23-18/h3-11H,12H2,1-2H3,(H,24,27). The van der Waals surface area contributed by atoms with Crippen molar-refractivity contribution in [3.8, 4) is 0 Å². The zero-order valence-electron chi connectivity index (χ0n) is 16.0. The van der Waals surface area contributed by atoms with E-state index in [9.17, 15) is 4.79 Å². The summed E-state index contributed by atoms with van der Waals surface area (Å²) in [5.41, 5.74) is 3.87. The smallest absolute Gasteiger partial charge is 0.265 e. The average Bonchev–Trinajstić information content (AvgIpc) is 3.37. The van der Waals surface area contributed by atoms with Crippen molar-refractivity contribution in [2.24, 2.45) is 0 Å². The Labute approximate surface area is 175 Å². The number of nitrogens with one attached hydrogen (secondary N) is 1. The number of aromatic nitrogens is 3. The Morgan fingerprint density at radius 3 is 2.72 bits per heavy atom. The first-order valence-electron chi connectivity index (χ1n) is 9.26. The molecule has 0 spiro atoms. The molecule has 0 radical (unpaired) electrons. The summed E-state index contributed by atoms with van der Waals surface area (Å²) in [6.07, 6.45) is 0. The zero-order valence-corrected chi connectivity index (χ0v) is 17.6. The molecule has 3 aromatic heterocycles.